The van der Waals surface area contributed by atoms with E-state index in [0.29, 0.717) is 5.92 Å². The van der Waals surface area contributed by atoms with Crippen LogP contribution in [-0.2, 0) is 13.5 Å². The van der Waals surface area contributed by atoms with Crippen molar-refractivity contribution in [3.8, 4) is 0 Å². The second-order valence-electron chi connectivity index (χ2n) is 4.38. The smallest absolute Gasteiger partial charge is 0.356 e. The summed E-state index contributed by atoms with van der Waals surface area (Å²) in [6, 6.07) is 0. The number of aryl methyl sites for hydroxylation is 1. The molecule has 3 aliphatic rings. The lowest BCUT2D eigenvalue weighted by Gasteiger charge is -2.41. The van der Waals surface area contributed by atoms with Gasteiger partial charge in [-0.25, -0.2) is 4.79 Å². The van der Waals surface area contributed by atoms with Crippen LogP contribution >= 0.6 is 0 Å². The standard InChI is InChI=1S/C10H12N2O2/c1-12-9-6-2-5(3-6)4-7(9)8(11-12)10(13)14/h5-6H,2-4H2,1H3,(H,13,14). The van der Waals surface area contributed by atoms with Crippen LogP contribution in [-0.4, -0.2) is 20.9 Å². The highest BCUT2D eigenvalue weighted by atomic mass is 16.4. The van der Waals surface area contributed by atoms with Gasteiger partial charge in [0.25, 0.3) is 0 Å². The van der Waals surface area contributed by atoms with Gasteiger partial charge in [-0.2, -0.15) is 5.10 Å². The maximum atomic E-state index is 10.9. The zero-order valence-electron chi connectivity index (χ0n) is 8.03. The van der Waals surface area contributed by atoms with E-state index < -0.39 is 5.97 Å². The minimum Gasteiger partial charge on any atom is -0.476 e. The first kappa shape index (κ1) is 8.03. The van der Waals surface area contributed by atoms with Gasteiger partial charge in [0.05, 0.1) is 0 Å². The SMILES string of the molecule is Cn1nc(C(=O)O)c2c1C1CC(C2)C1. The Bertz CT molecular complexity index is 416. The predicted octanol–water partition coefficient (Wildman–Crippen LogP) is 1.17. The van der Waals surface area contributed by atoms with E-state index in [0.717, 1.165) is 17.9 Å². The summed E-state index contributed by atoms with van der Waals surface area (Å²) in [4.78, 5) is 10.9. The average molecular weight is 192 g/mol. The van der Waals surface area contributed by atoms with Crippen LogP contribution in [0, 0.1) is 5.92 Å². The fourth-order valence-corrected chi connectivity index (χ4v) is 2.88. The number of aromatic nitrogens is 2. The number of carbonyl (C=O) groups is 1. The number of carboxylic acid groups (broad SMARTS) is 1. The molecule has 2 bridgehead atoms. The van der Waals surface area contributed by atoms with Crippen molar-refractivity contribution >= 4 is 5.97 Å². The molecule has 4 nitrogen and oxygen atoms in total. The van der Waals surface area contributed by atoms with E-state index in [-0.39, 0.29) is 5.69 Å². The number of nitrogens with zero attached hydrogens (tertiary/aromatic N) is 2. The highest BCUT2D eigenvalue weighted by Gasteiger charge is 2.41. The quantitative estimate of drug-likeness (QED) is 0.726. The molecule has 0 unspecified atom stereocenters. The van der Waals surface area contributed by atoms with Gasteiger partial charge in [0, 0.05) is 24.2 Å². The van der Waals surface area contributed by atoms with Gasteiger partial charge in [0.2, 0.25) is 0 Å². The molecule has 0 spiro atoms. The molecule has 1 fully saturated rings. The molecule has 1 aromatic rings. The highest BCUT2D eigenvalue weighted by molar-refractivity contribution is 5.87. The predicted molar refractivity (Wildman–Crippen MR) is 49.3 cm³/mol. The van der Waals surface area contributed by atoms with Crippen molar-refractivity contribution in [2.24, 2.45) is 13.0 Å². The summed E-state index contributed by atoms with van der Waals surface area (Å²) in [7, 11) is 1.85. The third-order valence-corrected chi connectivity index (χ3v) is 3.51. The summed E-state index contributed by atoms with van der Waals surface area (Å²) in [5, 5.41) is 13.1. The fraction of sp³-hybridized carbons (Fsp3) is 0.600. The molecule has 0 saturated heterocycles. The first-order valence-corrected chi connectivity index (χ1v) is 4.96. The van der Waals surface area contributed by atoms with Crippen LogP contribution in [0.2, 0.25) is 0 Å². The first-order chi connectivity index (χ1) is 6.66. The maximum Gasteiger partial charge on any atom is 0.356 e. The summed E-state index contributed by atoms with van der Waals surface area (Å²) in [6.07, 6.45) is 3.37. The zero-order valence-corrected chi connectivity index (χ0v) is 8.03. The molecule has 0 aliphatic heterocycles. The van der Waals surface area contributed by atoms with Gasteiger partial charge in [0.15, 0.2) is 5.69 Å². The summed E-state index contributed by atoms with van der Waals surface area (Å²) < 4.78 is 1.76. The van der Waals surface area contributed by atoms with Gasteiger partial charge in [-0.3, -0.25) is 4.68 Å². The lowest BCUT2D eigenvalue weighted by atomic mass is 9.64. The van der Waals surface area contributed by atoms with Crippen molar-refractivity contribution in [3.05, 3.63) is 17.0 Å². The molecule has 4 rings (SSSR count). The molecule has 74 valence electrons. The van der Waals surface area contributed by atoms with Crippen molar-refractivity contribution in [2.75, 3.05) is 0 Å². The molecule has 1 N–H and O–H groups in total. The molecular formula is C10H12N2O2. The monoisotopic (exact) mass is 192 g/mol. The van der Waals surface area contributed by atoms with Crippen LogP contribution in [0.15, 0.2) is 0 Å². The first-order valence-electron chi connectivity index (χ1n) is 4.96. The van der Waals surface area contributed by atoms with Crippen LogP contribution < -0.4 is 0 Å². The van der Waals surface area contributed by atoms with E-state index in [4.69, 9.17) is 5.11 Å². The van der Waals surface area contributed by atoms with E-state index in [1.54, 1.807) is 4.68 Å². The second-order valence-corrected chi connectivity index (χ2v) is 4.38. The van der Waals surface area contributed by atoms with E-state index in [9.17, 15) is 4.79 Å². The minimum atomic E-state index is -0.886. The van der Waals surface area contributed by atoms with Crippen LogP contribution in [0.1, 0.15) is 40.5 Å². The summed E-state index contributed by atoms with van der Waals surface area (Å²) in [6.45, 7) is 0. The minimum absolute atomic E-state index is 0.275. The molecular weight excluding hydrogens is 180 g/mol. The summed E-state index contributed by atoms with van der Waals surface area (Å²) >= 11 is 0. The molecule has 14 heavy (non-hydrogen) atoms. The summed E-state index contributed by atoms with van der Waals surface area (Å²) in [5.74, 6) is 0.410. The average Bonchev–Trinajstić information content (AvgIpc) is 2.43. The number of aromatic carboxylic acids is 1. The third-order valence-electron chi connectivity index (χ3n) is 3.51. The number of carboxylic acids is 1. The molecule has 0 radical (unpaired) electrons. The highest BCUT2D eigenvalue weighted by Crippen LogP contribution is 2.50. The fourth-order valence-electron chi connectivity index (χ4n) is 2.88. The lowest BCUT2D eigenvalue weighted by molar-refractivity contribution is 0.0687. The van der Waals surface area contributed by atoms with Crippen molar-refractivity contribution in [3.63, 3.8) is 0 Å². The Morgan fingerprint density at radius 1 is 1.57 bits per heavy atom. The Morgan fingerprint density at radius 2 is 2.29 bits per heavy atom. The number of rotatable bonds is 1. The zero-order chi connectivity index (χ0) is 9.87. The topological polar surface area (TPSA) is 55.1 Å². The largest absolute Gasteiger partial charge is 0.476 e. The van der Waals surface area contributed by atoms with E-state index in [1.807, 2.05) is 7.05 Å². The van der Waals surface area contributed by atoms with Crippen molar-refractivity contribution in [1.82, 2.24) is 9.78 Å². The molecule has 0 atom stereocenters. The van der Waals surface area contributed by atoms with Crippen molar-refractivity contribution < 1.29 is 9.90 Å². The Kier molecular flexibility index (Phi) is 1.36. The van der Waals surface area contributed by atoms with Crippen molar-refractivity contribution in [2.45, 2.75) is 25.2 Å². The van der Waals surface area contributed by atoms with Crippen LogP contribution in [0.3, 0.4) is 0 Å². The molecule has 4 heteroatoms. The molecule has 3 aliphatic carbocycles. The Labute approximate surface area is 81.5 Å². The molecule has 1 saturated carbocycles. The van der Waals surface area contributed by atoms with E-state index in [1.165, 1.54) is 18.5 Å². The Morgan fingerprint density at radius 3 is 2.93 bits per heavy atom. The molecule has 0 aromatic carbocycles. The number of hydrogen-bond acceptors (Lipinski definition) is 2. The van der Waals surface area contributed by atoms with Crippen LogP contribution in [0.5, 0.6) is 0 Å². The van der Waals surface area contributed by atoms with Gasteiger partial charge >= 0.3 is 5.97 Å². The Hall–Kier alpha value is -1.32. The van der Waals surface area contributed by atoms with E-state index in [2.05, 4.69) is 5.10 Å². The molecule has 1 aromatic heterocycles. The van der Waals surface area contributed by atoms with Crippen molar-refractivity contribution in [1.29, 1.82) is 0 Å². The van der Waals surface area contributed by atoms with E-state index >= 15 is 0 Å². The lowest BCUT2D eigenvalue weighted by Crippen LogP contribution is -2.31. The molecule has 0 amide bonds. The van der Waals surface area contributed by atoms with Gasteiger partial charge in [-0.1, -0.05) is 0 Å². The van der Waals surface area contributed by atoms with Crippen LogP contribution in [0.4, 0.5) is 0 Å². The maximum absolute atomic E-state index is 10.9. The third kappa shape index (κ3) is 0.832. The van der Waals surface area contributed by atoms with Gasteiger partial charge in [-0.05, 0) is 25.2 Å². The van der Waals surface area contributed by atoms with Gasteiger partial charge in [-0.15, -0.1) is 0 Å². The van der Waals surface area contributed by atoms with Gasteiger partial charge in [0.1, 0.15) is 0 Å². The van der Waals surface area contributed by atoms with Gasteiger partial charge < -0.3 is 5.11 Å². The second kappa shape index (κ2) is 2.38. The summed E-state index contributed by atoms with van der Waals surface area (Å²) in [5.41, 5.74) is 2.44. The Balaban J connectivity index is 2.18. The molecule has 1 heterocycles. The van der Waals surface area contributed by atoms with Crippen LogP contribution in [0.25, 0.3) is 0 Å². The normalized spacial score (nSPS) is 28.1. The number of hydrogen-bond donors (Lipinski definition) is 1.